The lowest BCUT2D eigenvalue weighted by Gasteiger charge is -2.19. The average molecular weight is 165 g/mol. The summed E-state index contributed by atoms with van der Waals surface area (Å²) in [6.07, 6.45) is 3.47. The first-order chi connectivity index (χ1) is 5.70. The summed E-state index contributed by atoms with van der Waals surface area (Å²) < 4.78 is 1.94. The zero-order valence-corrected chi connectivity index (χ0v) is 7.67. The second-order valence-electron chi connectivity index (χ2n) is 3.57. The van der Waals surface area contributed by atoms with Crippen LogP contribution in [0.5, 0.6) is 0 Å². The van der Waals surface area contributed by atoms with Crippen LogP contribution in [-0.2, 0) is 13.5 Å². The molecule has 0 aromatic carbocycles. The van der Waals surface area contributed by atoms with Crippen molar-refractivity contribution in [3.05, 3.63) is 17.0 Å². The molecule has 0 radical (unpaired) electrons. The molecule has 0 bridgehead atoms. The molecule has 1 heterocycles. The predicted octanol–water partition coefficient (Wildman–Crippen LogP) is 1.06. The maximum absolute atomic E-state index is 6.00. The van der Waals surface area contributed by atoms with E-state index in [0.717, 1.165) is 18.5 Å². The molecular formula is C9H15N3. The van der Waals surface area contributed by atoms with Gasteiger partial charge in [-0.05, 0) is 31.7 Å². The van der Waals surface area contributed by atoms with E-state index >= 15 is 0 Å². The number of nitrogens with two attached hydrogens (primary N) is 1. The Morgan fingerprint density at radius 2 is 2.33 bits per heavy atom. The third-order valence-electron chi connectivity index (χ3n) is 2.69. The highest BCUT2D eigenvalue weighted by Gasteiger charge is 2.22. The third-order valence-corrected chi connectivity index (χ3v) is 2.69. The number of rotatable bonds is 0. The Morgan fingerprint density at radius 3 is 3.00 bits per heavy atom. The minimum atomic E-state index is 0.208. The molecule has 0 aliphatic heterocycles. The lowest BCUT2D eigenvalue weighted by atomic mass is 9.92. The van der Waals surface area contributed by atoms with E-state index in [-0.39, 0.29) is 6.04 Å². The lowest BCUT2D eigenvalue weighted by molar-refractivity contribution is 0.527. The molecule has 1 aromatic rings. The van der Waals surface area contributed by atoms with Crippen molar-refractivity contribution in [1.29, 1.82) is 0 Å². The van der Waals surface area contributed by atoms with Crippen LogP contribution in [0.1, 0.15) is 35.8 Å². The van der Waals surface area contributed by atoms with Gasteiger partial charge in [-0.2, -0.15) is 5.10 Å². The molecule has 0 saturated heterocycles. The zero-order valence-electron chi connectivity index (χ0n) is 7.67. The van der Waals surface area contributed by atoms with Crippen molar-refractivity contribution in [3.63, 3.8) is 0 Å². The minimum Gasteiger partial charge on any atom is -0.323 e. The molecule has 66 valence electrons. The first kappa shape index (κ1) is 7.80. The molecule has 1 aliphatic carbocycles. The number of nitrogens with zero attached hydrogens (tertiary/aromatic N) is 2. The Hall–Kier alpha value is -0.830. The molecule has 1 aliphatic rings. The van der Waals surface area contributed by atoms with Gasteiger partial charge in [0.15, 0.2) is 0 Å². The fourth-order valence-electron chi connectivity index (χ4n) is 2.13. The molecule has 0 amide bonds. The number of aryl methyl sites for hydroxylation is 2. The van der Waals surface area contributed by atoms with Crippen LogP contribution in [0.25, 0.3) is 0 Å². The van der Waals surface area contributed by atoms with Crippen molar-refractivity contribution in [2.45, 2.75) is 32.2 Å². The molecule has 2 N–H and O–H groups in total. The maximum atomic E-state index is 6.00. The van der Waals surface area contributed by atoms with E-state index in [1.54, 1.807) is 0 Å². The van der Waals surface area contributed by atoms with Crippen LogP contribution in [0.2, 0.25) is 0 Å². The third kappa shape index (κ3) is 0.966. The Morgan fingerprint density at radius 1 is 1.58 bits per heavy atom. The van der Waals surface area contributed by atoms with Crippen LogP contribution in [0.3, 0.4) is 0 Å². The van der Waals surface area contributed by atoms with Crippen LogP contribution in [0, 0.1) is 6.92 Å². The van der Waals surface area contributed by atoms with Crippen LogP contribution < -0.4 is 5.73 Å². The predicted molar refractivity (Wildman–Crippen MR) is 47.8 cm³/mol. The molecule has 1 aromatic heterocycles. The summed E-state index contributed by atoms with van der Waals surface area (Å²) in [6, 6.07) is 0.208. The van der Waals surface area contributed by atoms with Gasteiger partial charge in [0, 0.05) is 13.1 Å². The topological polar surface area (TPSA) is 43.8 Å². The first-order valence-electron chi connectivity index (χ1n) is 4.48. The number of hydrogen-bond acceptors (Lipinski definition) is 2. The normalized spacial score (nSPS) is 22.4. The van der Waals surface area contributed by atoms with Gasteiger partial charge >= 0.3 is 0 Å². The molecular weight excluding hydrogens is 150 g/mol. The number of aromatic nitrogens is 2. The second-order valence-corrected chi connectivity index (χ2v) is 3.57. The minimum absolute atomic E-state index is 0.208. The first-order valence-corrected chi connectivity index (χ1v) is 4.48. The number of hydrogen-bond donors (Lipinski definition) is 1. The Balaban J connectivity index is 2.55. The highest BCUT2D eigenvalue weighted by atomic mass is 15.3. The lowest BCUT2D eigenvalue weighted by Crippen LogP contribution is -2.19. The summed E-state index contributed by atoms with van der Waals surface area (Å²) in [7, 11) is 1.98. The molecule has 3 nitrogen and oxygen atoms in total. The Labute approximate surface area is 72.6 Å². The molecule has 0 fully saturated rings. The molecule has 2 rings (SSSR count). The summed E-state index contributed by atoms with van der Waals surface area (Å²) in [4.78, 5) is 0. The summed E-state index contributed by atoms with van der Waals surface area (Å²) in [6.45, 7) is 2.07. The van der Waals surface area contributed by atoms with Gasteiger partial charge in [-0.25, -0.2) is 0 Å². The monoisotopic (exact) mass is 165 g/mol. The van der Waals surface area contributed by atoms with Gasteiger partial charge in [0.25, 0.3) is 0 Å². The summed E-state index contributed by atoms with van der Waals surface area (Å²) in [5.41, 5.74) is 9.79. The Bertz CT molecular complexity index is 301. The summed E-state index contributed by atoms with van der Waals surface area (Å²) >= 11 is 0. The van der Waals surface area contributed by atoms with Crippen LogP contribution in [-0.4, -0.2) is 9.78 Å². The van der Waals surface area contributed by atoms with Gasteiger partial charge in [-0.15, -0.1) is 0 Å². The van der Waals surface area contributed by atoms with E-state index in [2.05, 4.69) is 12.0 Å². The van der Waals surface area contributed by atoms with E-state index in [0.29, 0.717) is 0 Å². The average Bonchev–Trinajstić information content (AvgIpc) is 2.29. The van der Waals surface area contributed by atoms with Gasteiger partial charge in [-0.3, -0.25) is 4.68 Å². The largest absolute Gasteiger partial charge is 0.323 e. The van der Waals surface area contributed by atoms with Crippen LogP contribution in [0.4, 0.5) is 0 Å². The van der Waals surface area contributed by atoms with E-state index in [1.807, 2.05) is 11.7 Å². The zero-order chi connectivity index (χ0) is 8.72. The van der Waals surface area contributed by atoms with Crippen molar-refractivity contribution in [2.24, 2.45) is 12.8 Å². The van der Waals surface area contributed by atoms with Crippen molar-refractivity contribution in [1.82, 2.24) is 9.78 Å². The van der Waals surface area contributed by atoms with E-state index < -0.39 is 0 Å². The van der Waals surface area contributed by atoms with Crippen molar-refractivity contribution in [2.75, 3.05) is 0 Å². The molecule has 1 atom stereocenters. The van der Waals surface area contributed by atoms with E-state index in [1.165, 1.54) is 17.7 Å². The van der Waals surface area contributed by atoms with Crippen molar-refractivity contribution in [3.8, 4) is 0 Å². The molecule has 3 heteroatoms. The maximum Gasteiger partial charge on any atom is 0.0629 e. The van der Waals surface area contributed by atoms with E-state index in [4.69, 9.17) is 5.73 Å². The quantitative estimate of drug-likeness (QED) is 0.624. The van der Waals surface area contributed by atoms with E-state index in [9.17, 15) is 0 Å². The van der Waals surface area contributed by atoms with Crippen molar-refractivity contribution < 1.29 is 0 Å². The standard InChI is InChI=1S/C9H15N3/c1-6-7-4-3-5-8(10)9(7)12(2)11-6/h8H,3-5,10H2,1-2H3. The van der Waals surface area contributed by atoms with Crippen LogP contribution >= 0.6 is 0 Å². The SMILES string of the molecule is Cc1nn(C)c2c1CCCC2N. The van der Waals surface area contributed by atoms with Gasteiger partial charge in [0.2, 0.25) is 0 Å². The highest BCUT2D eigenvalue weighted by Crippen LogP contribution is 2.29. The number of fused-ring (bicyclic) bond motifs is 1. The molecule has 1 unspecified atom stereocenters. The fourth-order valence-corrected chi connectivity index (χ4v) is 2.13. The summed E-state index contributed by atoms with van der Waals surface area (Å²) in [5.74, 6) is 0. The molecule has 0 spiro atoms. The van der Waals surface area contributed by atoms with Gasteiger partial charge in [0.1, 0.15) is 0 Å². The second kappa shape index (κ2) is 2.59. The smallest absolute Gasteiger partial charge is 0.0629 e. The van der Waals surface area contributed by atoms with Crippen molar-refractivity contribution >= 4 is 0 Å². The molecule has 12 heavy (non-hydrogen) atoms. The van der Waals surface area contributed by atoms with Crippen LogP contribution in [0.15, 0.2) is 0 Å². The van der Waals surface area contributed by atoms with Gasteiger partial charge in [-0.1, -0.05) is 0 Å². The summed E-state index contributed by atoms with van der Waals surface area (Å²) in [5, 5.41) is 4.38. The fraction of sp³-hybridized carbons (Fsp3) is 0.667. The Kier molecular flexibility index (Phi) is 1.68. The highest BCUT2D eigenvalue weighted by molar-refractivity contribution is 5.30. The van der Waals surface area contributed by atoms with Gasteiger partial charge < -0.3 is 5.73 Å². The van der Waals surface area contributed by atoms with Gasteiger partial charge in [0.05, 0.1) is 11.4 Å². The molecule has 0 saturated carbocycles.